The molecule has 3 aromatic carbocycles. The topological polar surface area (TPSA) is 52.7 Å². The number of carbonyl (C=O) groups excluding carboxylic acids is 2. The van der Waals surface area contributed by atoms with Gasteiger partial charge in [-0.2, -0.15) is 0 Å². The van der Waals surface area contributed by atoms with Crippen LogP contribution >= 0.6 is 0 Å². The Morgan fingerprint density at radius 3 is 2.06 bits per heavy atom. The second-order valence-electron chi connectivity index (χ2n) is 8.03. The maximum Gasteiger partial charge on any atom is 0.282 e. The first-order chi connectivity index (χ1) is 16.0. The molecule has 2 aliphatic heterocycles. The third-order valence-corrected chi connectivity index (χ3v) is 5.92. The van der Waals surface area contributed by atoms with Gasteiger partial charge in [0.25, 0.3) is 11.8 Å². The summed E-state index contributed by atoms with van der Waals surface area (Å²) >= 11 is 0. The smallest absolute Gasteiger partial charge is 0.282 e. The lowest BCUT2D eigenvalue weighted by Crippen LogP contribution is -2.32. The van der Waals surface area contributed by atoms with Crippen molar-refractivity contribution in [3.05, 3.63) is 95.7 Å². The van der Waals surface area contributed by atoms with Crippen LogP contribution in [0.3, 0.4) is 0 Å². The summed E-state index contributed by atoms with van der Waals surface area (Å²) in [5.74, 6) is -3.42. The first kappa shape index (κ1) is 20.9. The van der Waals surface area contributed by atoms with Crippen LogP contribution in [0.2, 0.25) is 0 Å². The van der Waals surface area contributed by atoms with Crippen molar-refractivity contribution in [2.45, 2.75) is 12.8 Å². The van der Waals surface area contributed by atoms with Crippen molar-refractivity contribution in [3.63, 3.8) is 0 Å². The molecule has 7 heteroatoms. The van der Waals surface area contributed by atoms with Crippen LogP contribution in [0.1, 0.15) is 18.4 Å². The Morgan fingerprint density at radius 2 is 1.39 bits per heavy atom. The maximum atomic E-state index is 13.9. The highest BCUT2D eigenvalue weighted by molar-refractivity contribution is 6.46. The summed E-state index contributed by atoms with van der Waals surface area (Å²) < 4.78 is 27.3. The molecule has 0 atom stereocenters. The molecule has 1 N–H and O–H groups in total. The van der Waals surface area contributed by atoms with Crippen LogP contribution < -0.4 is 15.1 Å². The highest BCUT2D eigenvalue weighted by atomic mass is 19.2. The second kappa shape index (κ2) is 8.50. The number of halogens is 2. The lowest BCUT2D eigenvalue weighted by atomic mass is 10.0. The van der Waals surface area contributed by atoms with Gasteiger partial charge in [-0.3, -0.25) is 9.59 Å². The molecule has 0 unspecified atom stereocenters. The van der Waals surface area contributed by atoms with E-state index in [1.165, 1.54) is 18.9 Å². The van der Waals surface area contributed by atoms with Gasteiger partial charge in [0.2, 0.25) is 0 Å². The zero-order valence-electron chi connectivity index (χ0n) is 17.7. The van der Waals surface area contributed by atoms with E-state index in [0.29, 0.717) is 11.3 Å². The molecule has 0 bridgehead atoms. The minimum atomic E-state index is -1.13. The molecule has 5 rings (SSSR count). The Kier molecular flexibility index (Phi) is 5.38. The summed E-state index contributed by atoms with van der Waals surface area (Å²) in [6, 6.07) is 19.4. The van der Waals surface area contributed by atoms with Gasteiger partial charge < -0.3 is 10.2 Å². The molecule has 2 amide bonds. The quantitative estimate of drug-likeness (QED) is 0.564. The van der Waals surface area contributed by atoms with Gasteiger partial charge in [-0.1, -0.05) is 30.3 Å². The molecule has 1 fully saturated rings. The minimum absolute atomic E-state index is 0.0292. The summed E-state index contributed by atoms with van der Waals surface area (Å²) in [7, 11) is 0. The Labute approximate surface area is 189 Å². The Bertz CT molecular complexity index is 1250. The summed E-state index contributed by atoms with van der Waals surface area (Å²) in [4.78, 5) is 29.8. The Hall–Kier alpha value is -4.00. The number of hydrogen-bond donors (Lipinski definition) is 1. The number of rotatable bonds is 5. The molecule has 33 heavy (non-hydrogen) atoms. The van der Waals surface area contributed by atoms with Crippen molar-refractivity contribution in [2.75, 3.05) is 28.2 Å². The molecule has 0 saturated carbocycles. The van der Waals surface area contributed by atoms with E-state index in [0.717, 1.165) is 35.8 Å². The Morgan fingerprint density at radius 1 is 0.727 bits per heavy atom. The number of nitrogens with one attached hydrogen (secondary N) is 1. The number of benzene rings is 3. The highest BCUT2D eigenvalue weighted by Gasteiger charge is 2.40. The fourth-order valence-corrected chi connectivity index (χ4v) is 4.25. The molecule has 0 spiro atoms. The predicted octanol–water partition coefficient (Wildman–Crippen LogP) is 4.96. The highest BCUT2D eigenvalue weighted by Crippen LogP contribution is 2.34. The molecule has 2 aliphatic rings. The van der Waals surface area contributed by atoms with Crippen LogP contribution in [-0.2, 0) is 9.59 Å². The first-order valence-electron chi connectivity index (χ1n) is 10.8. The lowest BCUT2D eigenvalue weighted by Gasteiger charge is -2.18. The Balaban J connectivity index is 1.51. The van der Waals surface area contributed by atoms with Gasteiger partial charge in [0.1, 0.15) is 5.70 Å². The van der Waals surface area contributed by atoms with E-state index in [4.69, 9.17) is 0 Å². The van der Waals surface area contributed by atoms with E-state index in [1.54, 1.807) is 24.3 Å². The van der Waals surface area contributed by atoms with Gasteiger partial charge >= 0.3 is 0 Å². The molecule has 0 aliphatic carbocycles. The number of anilines is 3. The van der Waals surface area contributed by atoms with E-state index < -0.39 is 23.4 Å². The fourth-order valence-electron chi connectivity index (χ4n) is 4.25. The molecule has 5 nitrogen and oxygen atoms in total. The van der Waals surface area contributed by atoms with E-state index >= 15 is 0 Å². The average molecular weight is 445 g/mol. The second-order valence-corrected chi connectivity index (χ2v) is 8.03. The van der Waals surface area contributed by atoms with Crippen molar-refractivity contribution in [1.29, 1.82) is 0 Å². The van der Waals surface area contributed by atoms with Crippen LogP contribution in [0.5, 0.6) is 0 Å². The predicted molar refractivity (Wildman–Crippen MR) is 124 cm³/mol. The van der Waals surface area contributed by atoms with Crippen molar-refractivity contribution < 1.29 is 18.4 Å². The van der Waals surface area contributed by atoms with E-state index in [-0.39, 0.29) is 17.0 Å². The van der Waals surface area contributed by atoms with Crippen LogP contribution in [-0.4, -0.2) is 24.9 Å². The van der Waals surface area contributed by atoms with Crippen LogP contribution in [0, 0.1) is 11.6 Å². The van der Waals surface area contributed by atoms with Gasteiger partial charge in [-0.25, -0.2) is 13.7 Å². The standard InChI is InChI=1S/C26H21F2N3O2/c27-21-13-12-20(16-22(21)28)31-25(32)23(17-6-2-1-3-7-17)24(26(31)33)29-18-8-10-19(11-9-18)30-14-4-5-15-30/h1-3,6-13,16,29H,4-5,14-15H2. The van der Waals surface area contributed by atoms with Gasteiger partial charge in [-0.15, -0.1) is 0 Å². The normalized spacial score (nSPS) is 16.2. The third kappa shape index (κ3) is 3.86. The summed E-state index contributed by atoms with van der Waals surface area (Å²) in [6.45, 7) is 2.04. The molecule has 1 saturated heterocycles. The van der Waals surface area contributed by atoms with Crippen LogP contribution in [0.25, 0.3) is 5.57 Å². The molecule has 0 aromatic heterocycles. The third-order valence-electron chi connectivity index (χ3n) is 5.92. The molecular formula is C26H21F2N3O2. The zero-order valence-corrected chi connectivity index (χ0v) is 17.7. The van der Waals surface area contributed by atoms with Crippen molar-refractivity contribution in [2.24, 2.45) is 0 Å². The first-order valence-corrected chi connectivity index (χ1v) is 10.8. The van der Waals surface area contributed by atoms with Crippen LogP contribution in [0.4, 0.5) is 25.8 Å². The van der Waals surface area contributed by atoms with Crippen molar-refractivity contribution in [3.8, 4) is 0 Å². The van der Waals surface area contributed by atoms with Crippen molar-refractivity contribution >= 4 is 34.4 Å². The lowest BCUT2D eigenvalue weighted by molar-refractivity contribution is -0.120. The van der Waals surface area contributed by atoms with E-state index in [1.807, 2.05) is 30.3 Å². The molecule has 3 aromatic rings. The minimum Gasteiger partial charge on any atom is -0.372 e. The van der Waals surface area contributed by atoms with E-state index in [2.05, 4.69) is 10.2 Å². The average Bonchev–Trinajstić information content (AvgIpc) is 3.44. The SMILES string of the molecule is O=C1C(Nc2ccc(N3CCCC3)cc2)=C(c2ccccc2)C(=O)N1c1ccc(F)c(F)c1. The monoisotopic (exact) mass is 445 g/mol. The number of amides is 2. The van der Waals surface area contributed by atoms with Gasteiger partial charge in [-0.05, 0) is 54.8 Å². The molecular weight excluding hydrogens is 424 g/mol. The van der Waals surface area contributed by atoms with Gasteiger partial charge in [0.15, 0.2) is 11.6 Å². The number of carbonyl (C=O) groups is 2. The number of imide groups is 1. The fraction of sp³-hybridized carbons (Fsp3) is 0.154. The van der Waals surface area contributed by atoms with Crippen molar-refractivity contribution in [1.82, 2.24) is 0 Å². The molecule has 2 heterocycles. The summed E-state index contributed by atoms with van der Waals surface area (Å²) in [5.41, 5.74) is 2.54. The maximum absolute atomic E-state index is 13.9. The van der Waals surface area contributed by atoms with Gasteiger partial charge in [0, 0.05) is 30.5 Å². The van der Waals surface area contributed by atoms with Gasteiger partial charge in [0.05, 0.1) is 11.3 Å². The molecule has 166 valence electrons. The summed E-state index contributed by atoms with van der Waals surface area (Å²) in [6.07, 6.45) is 2.34. The number of hydrogen-bond acceptors (Lipinski definition) is 4. The number of nitrogens with zero attached hydrogens (tertiary/aromatic N) is 2. The zero-order chi connectivity index (χ0) is 22.9. The molecule has 0 radical (unpaired) electrons. The largest absolute Gasteiger partial charge is 0.372 e. The van der Waals surface area contributed by atoms with E-state index in [9.17, 15) is 18.4 Å². The summed E-state index contributed by atoms with van der Waals surface area (Å²) in [5, 5.41) is 3.09. The van der Waals surface area contributed by atoms with Crippen LogP contribution in [0.15, 0.2) is 78.5 Å².